The lowest BCUT2D eigenvalue weighted by atomic mass is 10.2. The molecule has 0 atom stereocenters. The van der Waals surface area contributed by atoms with E-state index in [4.69, 9.17) is 25.8 Å². The largest absolute Gasteiger partial charge is 0.493 e. The molecule has 1 amide bonds. The van der Waals surface area contributed by atoms with Gasteiger partial charge >= 0.3 is 0 Å². The highest BCUT2D eigenvalue weighted by molar-refractivity contribution is 6.31. The maximum Gasteiger partial charge on any atom is 0.258 e. The van der Waals surface area contributed by atoms with E-state index in [-0.39, 0.29) is 19.1 Å². The summed E-state index contributed by atoms with van der Waals surface area (Å²) in [7, 11) is 3.09. The Kier molecular flexibility index (Phi) is 6.32. The van der Waals surface area contributed by atoms with Gasteiger partial charge in [0.05, 0.1) is 14.2 Å². The van der Waals surface area contributed by atoms with Crippen LogP contribution in [0.5, 0.6) is 17.2 Å². The highest BCUT2D eigenvalue weighted by Crippen LogP contribution is 2.32. The van der Waals surface area contributed by atoms with E-state index in [1.807, 2.05) is 31.2 Å². The number of ether oxygens (including phenoxy) is 3. The minimum absolute atomic E-state index is 0.0611. The van der Waals surface area contributed by atoms with Crippen LogP contribution in [0.1, 0.15) is 11.1 Å². The number of nitrogens with one attached hydrogen (secondary N) is 1. The smallest absolute Gasteiger partial charge is 0.258 e. The zero-order valence-electron chi connectivity index (χ0n) is 13.9. The SMILES string of the molecule is COc1cc(Cl)c(CNC(=O)COc2cccc(C)c2)cc1OC. The van der Waals surface area contributed by atoms with Crippen molar-refractivity contribution >= 4 is 17.5 Å². The molecule has 0 spiro atoms. The average Bonchev–Trinajstić information content (AvgIpc) is 2.58. The molecule has 0 saturated heterocycles. The van der Waals surface area contributed by atoms with Crippen LogP contribution in [-0.2, 0) is 11.3 Å². The van der Waals surface area contributed by atoms with Gasteiger partial charge in [0.25, 0.3) is 5.91 Å². The lowest BCUT2D eigenvalue weighted by Crippen LogP contribution is -2.28. The predicted molar refractivity (Wildman–Crippen MR) is 93.1 cm³/mol. The molecule has 6 heteroatoms. The number of amides is 1. The third kappa shape index (κ3) is 4.80. The normalized spacial score (nSPS) is 10.2. The van der Waals surface area contributed by atoms with E-state index in [1.54, 1.807) is 19.2 Å². The summed E-state index contributed by atoms with van der Waals surface area (Å²) in [5, 5.41) is 3.26. The van der Waals surface area contributed by atoms with Crippen molar-refractivity contribution in [2.45, 2.75) is 13.5 Å². The first-order chi connectivity index (χ1) is 11.5. The van der Waals surface area contributed by atoms with E-state index in [0.29, 0.717) is 22.3 Å². The van der Waals surface area contributed by atoms with Crippen LogP contribution in [0.15, 0.2) is 36.4 Å². The Morgan fingerprint density at radius 2 is 1.83 bits per heavy atom. The molecule has 128 valence electrons. The second-order valence-corrected chi connectivity index (χ2v) is 5.59. The lowest BCUT2D eigenvalue weighted by Gasteiger charge is -2.12. The van der Waals surface area contributed by atoms with Crippen LogP contribution in [-0.4, -0.2) is 26.7 Å². The van der Waals surface area contributed by atoms with Gasteiger partial charge in [-0.05, 0) is 36.2 Å². The quantitative estimate of drug-likeness (QED) is 0.832. The second kappa shape index (κ2) is 8.45. The molecule has 0 radical (unpaired) electrons. The zero-order valence-corrected chi connectivity index (χ0v) is 14.6. The maximum absolute atomic E-state index is 11.9. The van der Waals surface area contributed by atoms with Gasteiger partial charge in [0.1, 0.15) is 5.75 Å². The summed E-state index contributed by atoms with van der Waals surface area (Å²) >= 11 is 6.19. The number of halogens is 1. The number of methoxy groups -OCH3 is 2. The maximum atomic E-state index is 11.9. The van der Waals surface area contributed by atoms with Crippen molar-refractivity contribution in [2.24, 2.45) is 0 Å². The lowest BCUT2D eigenvalue weighted by molar-refractivity contribution is -0.123. The summed E-state index contributed by atoms with van der Waals surface area (Å²) < 4.78 is 15.9. The number of hydrogen-bond donors (Lipinski definition) is 1. The topological polar surface area (TPSA) is 56.8 Å². The fourth-order valence-electron chi connectivity index (χ4n) is 2.13. The molecule has 2 rings (SSSR count). The zero-order chi connectivity index (χ0) is 17.5. The monoisotopic (exact) mass is 349 g/mol. The molecule has 0 bridgehead atoms. The van der Waals surface area contributed by atoms with E-state index in [9.17, 15) is 4.79 Å². The van der Waals surface area contributed by atoms with E-state index in [1.165, 1.54) is 7.11 Å². The molecule has 1 N–H and O–H groups in total. The minimum Gasteiger partial charge on any atom is -0.493 e. The van der Waals surface area contributed by atoms with Gasteiger partial charge in [0.15, 0.2) is 18.1 Å². The number of hydrogen-bond acceptors (Lipinski definition) is 4. The summed E-state index contributed by atoms with van der Waals surface area (Å²) in [5.41, 5.74) is 1.81. The first-order valence-corrected chi connectivity index (χ1v) is 7.78. The van der Waals surface area contributed by atoms with Gasteiger partial charge in [-0.1, -0.05) is 23.7 Å². The molecular weight excluding hydrogens is 330 g/mol. The van der Waals surface area contributed by atoms with Crippen molar-refractivity contribution < 1.29 is 19.0 Å². The first kappa shape index (κ1) is 17.9. The van der Waals surface area contributed by atoms with Crippen LogP contribution >= 0.6 is 11.6 Å². The Bertz CT molecular complexity index is 718. The third-order valence-electron chi connectivity index (χ3n) is 3.39. The highest BCUT2D eigenvalue weighted by atomic mass is 35.5. The minimum atomic E-state index is -0.234. The molecule has 0 saturated carbocycles. The van der Waals surface area contributed by atoms with Crippen LogP contribution in [0.25, 0.3) is 0 Å². The first-order valence-electron chi connectivity index (χ1n) is 7.40. The third-order valence-corrected chi connectivity index (χ3v) is 3.74. The summed E-state index contributed by atoms with van der Waals surface area (Å²) in [6, 6.07) is 10.9. The van der Waals surface area contributed by atoms with Gasteiger partial charge in [-0.15, -0.1) is 0 Å². The molecular formula is C18H20ClNO4. The molecule has 0 aliphatic rings. The van der Waals surface area contributed by atoms with Crippen LogP contribution in [0.3, 0.4) is 0 Å². The molecule has 0 fully saturated rings. The fraction of sp³-hybridized carbons (Fsp3) is 0.278. The Balaban J connectivity index is 1.92. The van der Waals surface area contributed by atoms with Gasteiger partial charge in [0, 0.05) is 17.6 Å². The van der Waals surface area contributed by atoms with Crippen molar-refractivity contribution in [3.8, 4) is 17.2 Å². The van der Waals surface area contributed by atoms with E-state index in [0.717, 1.165) is 11.1 Å². The van der Waals surface area contributed by atoms with Crippen LogP contribution < -0.4 is 19.5 Å². The molecule has 0 unspecified atom stereocenters. The second-order valence-electron chi connectivity index (χ2n) is 5.18. The number of aryl methyl sites for hydroxylation is 1. The summed E-state index contributed by atoms with van der Waals surface area (Å²) in [6.45, 7) is 2.18. The van der Waals surface area contributed by atoms with Crippen molar-refractivity contribution in [2.75, 3.05) is 20.8 Å². The van der Waals surface area contributed by atoms with Crippen LogP contribution in [0, 0.1) is 6.92 Å². The van der Waals surface area contributed by atoms with Crippen molar-refractivity contribution in [1.82, 2.24) is 5.32 Å². The van der Waals surface area contributed by atoms with Crippen LogP contribution in [0.2, 0.25) is 5.02 Å². The standard InChI is InChI=1S/C18H20ClNO4/c1-12-5-4-6-14(7-12)24-11-18(21)20-10-13-8-16(22-2)17(23-3)9-15(13)19/h4-9H,10-11H2,1-3H3,(H,20,21). The van der Waals surface area contributed by atoms with Crippen molar-refractivity contribution in [1.29, 1.82) is 0 Å². The Hall–Kier alpha value is -2.40. The van der Waals surface area contributed by atoms with E-state index < -0.39 is 0 Å². The molecule has 5 nitrogen and oxygen atoms in total. The molecule has 2 aromatic rings. The molecule has 2 aromatic carbocycles. The summed E-state index contributed by atoms with van der Waals surface area (Å²) in [6.07, 6.45) is 0. The summed E-state index contributed by atoms with van der Waals surface area (Å²) in [5.74, 6) is 1.53. The van der Waals surface area contributed by atoms with E-state index in [2.05, 4.69) is 5.32 Å². The Morgan fingerprint density at radius 3 is 2.50 bits per heavy atom. The van der Waals surface area contributed by atoms with Crippen molar-refractivity contribution in [3.63, 3.8) is 0 Å². The number of benzene rings is 2. The van der Waals surface area contributed by atoms with Crippen LogP contribution in [0.4, 0.5) is 0 Å². The molecule has 0 aliphatic carbocycles. The molecule has 0 aliphatic heterocycles. The fourth-order valence-corrected chi connectivity index (χ4v) is 2.35. The molecule has 24 heavy (non-hydrogen) atoms. The molecule has 0 heterocycles. The van der Waals surface area contributed by atoms with E-state index >= 15 is 0 Å². The van der Waals surface area contributed by atoms with Gasteiger partial charge < -0.3 is 19.5 Å². The Morgan fingerprint density at radius 1 is 1.12 bits per heavy atom. The van der Waals surface area contributed by atoms with Gasteiger partial charge in [0.2, 0.25) is 0 Å². The number of rotatable bonds is 7. The highest BCUT2D eigenvalue weighted by Gasteiger charge is 2.11. The molecule has 0 aromatic heterocycles. The average molecular weight is 350 g/mol. The van der Waals surface area contributed by atoms with Crippen molar-refractivity contribution in [3.05, 3.63) is 52.5 Å². The van der Waals surface area contributed by atoms with Gasteiger partial charge in [-0.25, -0.2) is 0 Å². The Labute approximate surface area is 146 Å². The number of carbonyl (C=O) groups excluding carboxylic acids is 1. The van der Waals surface area contributed by atoms with Gasteiger partial charge in [-0.2, -0.15) is 0 Å². The number of carbonyl (C=O) groups is 1. The van der Waals surface area contributed by atoms with Gasteiger partial charge in [-0.3, -0.25) is 4.79 Å². The predicted octanol–water partition coefficient (Wildman–Crippen LogP) is 3.36. The summed E-state index contributed by atoms with van der Waals surface area (Å²) in [4.78, 5) is 11.9.